The van der Waals surface area contributed by atoms with Crippen LogP contribution in [0.4, 0.5) is 0 Å². The third kappa shape index (κ3) is 4.07. The molecule has 3 rings (SSSR count). The van der Waals surface area contributed by atoms with Crippen molar-refractivity contribution in [3.05, 3.63) is 83.6 Å². The van der Waals surface area contributed by atoms with Gasteiger partial charge < -0.3 is 14.6 Å². The molecule has 0 spiro atoms. The maximum Gasteiger partial charge on any atom is 0.374 e. The molecule has 1 atom stereocenters. The highest BCUT2D eigenvalue weighted by Crippen LogP contribution is 2.28. The molecule has 0 aliphatic carbocycles. The number of carbonyl (C=O) groups is 2. The zero-order valence-electron chi connectivity index (χ0n) is 13.5. The Kier molecular flexibility index (Phi) is 5.14. The van der Waals surface area contributed by atoms with E-state index in [2.05, 4.69) is 0 Å². The topological polar surface area (TPSA) is 72.8 Å². The second-order valence-electron chi connectivity index (χ2n) is 5.70. The van der Waals surface area contributed by atoms with Gasteiger partial charge in [-0.2, -0.15) is 0 Å². The number of rotatable bonds is 5. The molecule has 2 aromatic carbocycles. The fraction of sp³-hybridized carbons (Fsp3) is 0.200. The molecule has 1 N–H and O–H groups in total. The molecule has 0 fully saturated rings. The number of esters is 1. The van der Waals surface area contributed by atoms with Crippen LogP contribution in [-0.4, -0.2) is 23.1 Å². The van der Waals surface area contributed by atoms with Crippen LogP contribution >= 0.6 is 0 Å². The molecule has 1 heterocycles. The average Bonchev–Trinajstić information content (AvgIpc) is 2.67. The molecule has 0 radical (unpaired) electrons. The molecule has 1 aliphatic heterocycles. The van der Waals surface area contributed by atoms with Gasteiger partial charge in [-0.25, -0.2) is 9.59 Å². The number of ether oxygens (including phenoxy) is 2. The quantitative estimate of drug-likeness (QED) is 0.845. The number of allylic oxidation sites excluding steroid dienone is 1. The van der Waals surface area contributed by atoms with Crippen molar-refractivity contribution in [1.29, 1.82) is 0 Å². The van der Waals surface area contributed by atoms with E-state index >= 15 is 0 Å². The molecule has 5 nitrogen and oxygen atoms in total. The van der Waals surface area contributed by atoms with E-state index in [1.54, 1.807) is 6.08 Å². The van der Waals surface area contributed by atoms with Gasteiger partial charge >= 0.3 is 11.9 Å². The summed E-state index contributed by atoms with van der Waals surface area (Å²) in [6, 6.07) is 18.8. The van der Waals surface area contributed by atoms with Crippen molar-refractivity contribution in [3.63, 3.8) is 0 Å². The van der Waals surface area contributed by atoms with Crippen molar-refractivity contribution >= 4 is 11.9 Å². The van der Waals surface area contributed by atoms with Crippen molar-refractivity contribution in [2.75, 3.05) is 0 Å². The maximum atomic E-state index is 12.5. The zero-order valence-corrected chi connectivity index (χ0v) is 13.5. The van der Waals surface area contributed by atoms with Crippen molar-refractivity contribution in [2.45, 2.75) is 25.0 Å². The van der Waals surface area contributed by atoms with Gasteiger partial charge in [0, 0.05) is 0 Å². The lowest BCUT2D eigenvalue weighted by molar-refractivity contribution is -0.155. The first kappa shape index (κ1) is 16.8. The van der Waals surface area contributed by atoms with Gasteiger partial charge in [0.05, 0.1) is 0 Å². The Morgan fingerprint density at radius 3 is 2.08 bits per heavy atom. The van der Waals surface area contributed by atoms with E-state index in [-0.39, 0.29) is 5.76 Å². The molecule has 1 aliphatic rings. The maximum absolute atomic E-state index is 12.5. The van der Waals surface area contributed by atoms with Crippen molar-refractivity contribution in [2.24, 2.45) is 0 Å². The average molecular weight is 338 g/mol. The van der Waals surface area contributed by atoms with Crippen LogP contribution in [0.3, 0.4) is 0 Å². The fourth-order valence-electron chi connectivity index (χ4n) is 2.68. The lowest BCUT2D eigenvalue weighted by Crippen LogP contribution is -2.29. The normalized spacial score (nSPS) is 16.7. The van der Waals surface area contributed by atoms with E-state index in [9.17, 15) is 9.59 Å². The third-order valence-electron chi connectivity index (χ3n) is 3.93. The molecule has 0 aromatic heterocycles. The van der Waals surface area contributed by atoms with E-state index < -0.39 is 24.1 Å². The highest BCUT2D eigenvalue weighted by Gasteiger charge is 2.29. The second kappa shape index (κ2) is 7.66. The minimum absolute atomic E-state index is 0.0458. The van der Waals surface area contributed by atoms with Crippen LogP contribution < -0.4 is 0 Å². The number of carboxylic acid groups (broad SMARTS) is 1. The van der Waals surface area contributed by atoms with Gasteiger partial charge in [0.1, 0.15) is 0 Å². The van der Waals surface area contributed by atoms with Crippen molar-refractivity contribution in [3.8, 4) is 0 Å². The Labute approximate surface area is 145 Å². The van der Waals surface area contributed by atoms with E-state index in [0.29, 0.717) is 12.8 Å². The first-order valence-corrected chi connectivity index (χ1v) is 8.05. The third-order valence-corrected chi connectivity index (χ3v) is 3.93. The lowest BCUT2D eigenvalue weighted by Gasteiger charge is -2.23. The van der Waals surface area contributed by atoms with Gasteiger partial charge in [-0.3, -0.25) is 0 Å². The van der Waals surface area contributed by atoms with Crippen LogP contribution in [-0.2, 0) is 19.1 Å². The van der Waals surface area contributed by atoms with Crippen LogP contribution in [0.5, 0.6) is 0 Å². The van der Waals surface area contributed by atoms with Crippen LogP contribution in [0.1, 0.15) is 30.1 Å². The fourth-order valence-corrected chi connectivity index (χ4v) is 2.68. The van der Waals surface area contributed by atoms with Crippen LogP contribution in [0.2, 0.25) is 0 Å². The van der Waals surface area contributed by atoms with Crippen molar-refractivity contribution < 1.29 is 24.2 Å². The smallest absolute Gasteiger partial charge is 0.374 e. The van der Waals surface area contributed by atoms with Gasteiger partial charge in [0.15, 0.2) is 12.2 Å². The van der Waals surface area contributed by atoms with Crippen LogP contribution in [0, 0.1) is 0 Å². The number of hydrogen-bond acceptors (Lipinski definition) is 4. The summed E-state index contributed by atoms with van der Waals surface area (Å²) in [6.45, 7) is 0. The summed E-state index contributed by atoms with van der Waals surface area (Å²) in [5.41, 5.74) is 1.65. The predicted octanol–water partition coefficient (Wildman–Crippen LogP) is 3.47. The van der Waals surface area contributed by atoms with Gasteiger partial charge in [-0.05, 0) is 30.0 Å². The number of carbonyl (C=O) groups excluding carboxylic acids is 1. The molecule has 25 heavy (non-hydrogen) atoms. The summed E-state index contributed by atoms with van der Waals surface area (Å²) < 4.78 is 10.9. The van der Waals surface area contributed by atoms with E-state index in [1.165, 1.54) is 0 Å². The Bertz CT molecular complexity index is 728. The highest BCUT2D eigenvalue weighted by molar-refractivity contribution is 5.87. The van der Waals surface area contributed by atoms with Crippen molar-refractivity contribution in [1.82, 2.24) is 0 Å². The number of aliphatic carboxylic acids is 1. The summed E-state index contributed by atoms with van der Waals surface area (Å²) in [6.07, 6.45) is 0.772. The molecule has 2 aromatic rings. The monoisotopic (exact) mass is 338 g/mol. The first-order valence-electron chi connectivity index (χ1n) is 8.05. The highest BCUT2D eigenvalue weighted by atomic mass is 16.6. The Balaban J connectivity index is 1.82. The predicted molar refractivity (Wildman–Crippen MR) is 90.6 cm³/mol. The standard InChI is InChI=1S/C20H18O5/c21-19(22)16-12-7-13-17(24-16)20(23)25-18(14-8-3-1-4-9-14)15-10-5-2-6-11-15/h1-6,8-11,13,16,18H,7,12H2,(H,21,22). The van der Waals surface area contributed by atoms with Crippen LogP contribution in [0.25, 0.3) is 0 Å². The molecule has 0 saturated carbocycles. The summed E-state index contributed by atoms with van der Waals surface area (Å²) in [5, 5.41) is 9.07. The van der Waals surface area contributed by atoms with E-state index in [4.69, 9.17) is 14.6 Å². The Hall–Kier alpha value is -3.08. The summed E-state index contributed by atoms with van der Waals surface area (Å²) in [4.78, 5) is 23.6. The molecular weight excluding hydrogens is 320 g/mol. The molecule has 0 bridgehead atoms. The van der Waals surface area contributed by atoms with Gasteiger partial charge in [0.2, 0.25) is 5.76 Å². The molecule has 0 amide bonds. The SMILES string of the molecule is O=C(OC(c1ccccc1)c1ccccc1)C1=CCCC(C(=O)O)O1. The zero-order chi connectivity index (χ0) is 17.6. The van der Waals surface area contributed by atoms with Gasteiger partial charge in [-0.1, -0.05) is 60.7 Å². The number of benzene rings is 2. The number of carboxylic acids is 1. The van der Waals surface area contributed by atoms with Gasteiger partial charge in [0.25, 0.3) is 0 Å². The Morgan fingerprint density at radius 1 is 1.00 bits per heavy atom. The lowest BCUT2D eigenvalue weighted by atomic mass is 10.0. The molecule has 0 saturated heterocycles. The molecule has 5 heteroatoms. The molecular formula is C20H18O5. The minimum atomic E-state index is -1.08. The number of hydrogen-bond donors (Lipinski definition) is 1. The minimum Gasteiger partial charge on any atom is -0.479 e. The van der Waals surface area contributed by atoms with Crippen LogP contribution in [0.15, 0.2) is 72.5 Å². The van der Waals surface area contributed by atoms with E-state index in [1.807, 2.05) is 60.7 Å². The van der Waals surface area contributed by atoms with E-state index in [0.717, 1.165) is 11.1 Å². The first-order chi connectivity index (χ1) is 12.1. The molecule has 1 unspecified atom stereocenters. The Morgan fingerprint density at radius 2 is 1.56 bits per heavy atom. The van der Waals surface area contributed by atoms with Gasteiger partial charge in [-0.15, -0.1) is 0 Å². The summed E-state index contributed by atoms with van der Waals surface area (Å²) in [7, 11) is 0. The second-order valence-corrected chi connectivity index (χ2v) is 5.70. The summed E-state index contributed by atoms with van der Waals surface area (Å²) in [5.74, 6) is -1.79. The largest absolute Gasteiger partial charge is 0.479 e. The molecule has 128 valence electrons. The summed E-state index contributed by atoms with van der Waals surface area (Å²) >= 11 is 0.